The number of nitrogens with zero attached hydrogens (tertiary/aromatic N) is 2. The summed E-state index contributed by atoms with van der Waals surface area (Å²) in [5.41, 5.74) is 12.1. The van der Waals surface area contributed by atoms with Gasteiger partial charge in [-0.3, -0.25) is 10.4 Å². The molecule has 0 bridgehead atoms. The monoisotopic (exact) mass is 444 g/mol. The van der Waals surface area contributed by atoms with Crippen LogP contribution in [0.2, 0.25) is 0 Å². The van der Waals surface area contributed by atoms with Gasteiger partial charge in [0.05, 0.1) is 23.5 Å². The second-order valence-electron chi connectivity index (χ2n) is 7.92. The van der Waals surface area contributed by atoms with E-state index in [0.29, 0.717) is 17.4 Å². The number of allylic oxidation sites excluding steroid dienone is 6. The molecule has 0 aliphatic carbocycles. The molecule has 9 N–H and O–H groups in total. The number of aromatic nitrogens is 1. The molecule has 2 aliphatic heterocycles. The summed E-state index contributed by atoms with van der Waals surface area (Å²) in [7, 11) is 0. The molecule has 0 atom stereocenters. The Morgan fingerprint density at radius 2 is 2.15 bits per heavy atom. The van der Waals surface area contributed by atoms with Gasteiger partial charge < -0.3 is 27.1 Å². The van der Waals surface area contributed by atoms with Crippen molar-refractivity contribution in [3.05, 3.63) is 101 Å². The SMILES string of the molecule is CC[NH2+]C=C(C(=[NH2+])c1cccnc1)C1=CNC2=CC=C(N=C(N)C=C(C=N)C(C)C)NC2=C1. The van der Waals surface area contributed by atoms with Crippen LogP contribution in [-0.2, 0) is 0 Å². The second-order valence-corrected chi connectivity index (χ2v) is 7.92. The van der Waals surface area contributed by atoms with Gasteiger partial charge in [0.15, 0.2) is 0 Å². The number of rotatable bonds is 9. The predicted octanol–water partition coefficient (Wildman–Crippen LogP) is 0.386. The molecule has 0 saturated heterocycles. The van der Waals surface area contributed by atoms with Crippen molar-refractivity contribution >= 4 is 17.8 Å². The highest BCUT2D eigenvalue weighted by Gasteiger charge is 2.23. The summed E-state index contributed by atoms with van der Waals surface area (Å²) >= 11 is 0. The zero-order chi connectivity index (χ0) is 23.8. The summed E-state index contributed by atoms with van der Waals surface area (Å²) in [4.78, 5) is 8.66. The van der Waals surface area contributed by atoms with Crippen LogP contribution in [0, 0.1) is 11.3 Å². The Balaban J connectivity index is 1.86. The minimum Gasteiger partial charge on any atom is -0.384 e. The fraction of sp³-hybridized carbons (Fsp3) is 0.200. The topological polar surface area (TPSA) is 141 Å². The van der Waals surface area contributed by atoms with Gasteiger partial charge in [-0.1, -0.05) is 13.8 Å². The van der Waals surface area contributed by atoms with Crippen LogP contribution in [0.25, 0.3) is 0 Å². The molecule has 0 saturated carbocycles. The van der Waals surface area contributed by atoms with Crippen molar-refractivity contribution in [3.63, 3.8) is 0 Å². The highest BCUT2D eigenvalue weighted by atomic mass is 15.1. The molecular weight excluding hydrogens is 412 g/mol. The quantitative estimate of drug-likeness (QED) is 0.242. The maximum absolute atomic E-state index is 7.54. The Bertz CT molecular complexity index is 1130. The van der Waals surface area contributed by atoms with Gasteiger partial charge >= 0.3 is 0 Å². The molecule has 0 fully saturated rings. The first-order valence-electron chi connectivity index (χ1n) is 10.9. The van der Waals surface area contributed by atoms with Crippen molar-refractivity contribution in [1.29, 1.82) is 5.41 Å². The Morgan fingerprint density at radius 1 is 1.33 bits per heavy atom. The van der Waals surface area contributed by atoms with Crippen molar-refractivity contribution in [2.75, 3.05) is 6.54 Å². The van der Waals surface area contributed by atoms with E-state index in [1.54, 1.807) is 18.5 Å². The van der Waals surface area contributed by atoms with E-state index in [0.717, 1.165) is 40.2 Å². The van der Waals surface area contributed by atoms with E-state index in [4.69, 9.17) is 16.6 Å². The molecule has 33 heavy (non-hydrogen) atoms. The summed E-state index contributed by atoms with van der Waals surface area (Å²) in [5.74, 6) is 1.15. The number of amidine groups is 1. The van der Waals surface area contributed by atoms with Crippen molar-refractivity contribution in [3.8, 4) is 0 Å². The lowest BCUT2D eigenvalue weighted by molar-refractivity contribution is -0.584. The van der Waals surface area contributed by atoms with Crippen molar-refractivity contribution in [1.82, 2.24) is 15.6 Å². The number of quaternary nitrogens is 1. The zero-order valence-electron chi connectivity index (χ0n) is 19.3. The number of dihydropyridines is 2. The van der Waals surface area contributed by atoms with Gasteiger partial charge in [0.2, 0.25) is 5.71 Å². The molecule has 0 spiro atoms. The summed E-state index contributed by atoms with van der Waals surface area (Å²) < 4.78 is 0. The van der Waals surface area contributed by atoms with Gasteiger partial charge in [0.25, 0.3) is 0 Å². The molecule has 3 heterocycles. The fourth-order valence-electron chi connectivity index (χ4n) is 3.28. The maximum atomic E-state index is 7.54. The van der Waals surface area contributed by atoms with E-state index in [-0.39, 0.29) is 5.92 Å². The molecule has 0 radical (unpaired) electrons. The average molecular weight is 445 g/mol. The first kappa shape index (κ1) is 23.6. The summed E-state index contributed by atoms with van der Waals surface area (Å²) in [6.07, 6.45) is 16.3. The van der Waals surface area contributed by atoms with Gasteiger partial charge in [0, 0.05) is 30.4 Å². The third-order valence-electron chi connectivity index (χ3n) is 5.14. The number of hydrogen-bond acceptors (Lipinski definition) is 5. The lowest BCUT2D eigenvalue weighted by Gasteiger charge is -2.23. The van der Waals surface area contributed by atoms with E-state index in [1.165, 1.54) is 6.21 Å². The number of nitrogens with one attached hydrogen (secondary N) is 3. The molecular formula is C25H32N8+2. The number of pyridine rings is 1. The Hall–Kier alpha value is -4.04. The van der Waals surface area contributed by atoms with Crippen LogP contribution in [0.5, 0.6) is 0 Å². The molecule has 3 rings (SSSR count). The smallest absolute Gasteiger partial charge is 0.218 e. The number of fused-ring (bicyclic) bond motifs is 1. The van der Waals surface area contributed by atoms with Crippen LogP contribution >= 0.6 is 0 Å². The Labute approximate surface area is 194 Å². The lowest BCUT2D eigenvalue weighted by Crippen LogP contribution is -2.77. The van der Waals surface area contributed by atoms with Crippen LogP contribution in [-0.4, -0.2) is 29.3 Å². The summed E-state index contributed by atoms with van der Waals surface area (Å²) in [5, 5.41) is 22.8. The molecule has 8 heteroatoms. The van der Waals surface area contributed by atoms with Gasteiger partial charge in [-0.2, -0.15) is 0 Å². The molecule has 0 aromatic carbocycles. The van der Waals surface area contributed by atoms with Gasteiger partial charge in [-0.25, -0.2) is 4.99 Å². The minimum atomic E-state index is 0.195. The fourth-order valence-corrected chi connectivity index (χ4v) is 3.28. The van der Waals surface area contributed by atoms with Gasteiger partial charge in [-0.15, -0.1) is 0 Å². The number of aliphatic imine (C=N–C) groups is 1. The van der Waals surface area contributed by atoms with Crippen molar-refractivity contribution < 1.29 is 10.7 Å². The highest BCUT2D eigenvalue weighted by molar-refractivity contribution is 6.11. The summed E-state index contributed by atoms with van der Waals surface area (Å²) in [6, 6.07) is 3.82. The lowest BCUT2D eigenvalue weighted by atomic mass is 9.95. The van der Waals surface area contributed by atoms with E-state index >= 15 is 0 Å². The van der Waals surface area contributed by atoms with Crippen LogP contribution in [0.4, 0.5) is 0 Å². The van der Waals surface area contributed by atoms with Crippen LogP contribution in [0.15, 0.2) is 100 Å². The minimum absolute atomic E-state index is 0.195. The van der Waals surface area contributed by atoms with Crippen molar-refractivity contribution in [2.45, 2.75) is 20.8 Å². The molecule has 170 valence electrons. The Kier molecular flexibility index (Phi) is 7.88. The first-order chi connectivity index (χ1) is 15.9. The van der Waals surface area contributed by atoms with Gasteiger partial charge in [0.1, 0.15) is 23.4 Å². The van der Waals surface area contributed by atoms with E-state index in [2.05, 4.69) is 32.9 Å². The van der Waals surface area contributed by atoms with Crippen LogP contribution < -0.4 is 27.1 Å². The van der Waals surface area contributed by atoms with E-state index < -0.39 is 0 Å². The average Bonchev–Trinajstić information content (AvgIpc) is 2.82. The molecule has 8 nitrogen and oxygen atoms in total. The predicted molar refractivity (Wildman–Crippen MR) is 133 cm³/mol. The van der Waals surface area contributed by atoms with Crippen molar-refractivity contribution in [2.24, 2.45) is 16.6 Å². The molecule has 1 aromatic rings. The third kappa shape index (κ3) is 6.02. The number of hydrogen-bond donors (Lipinski definition) is 6. The highest BCUT2D eigenvalue weighted by Crippen LogP contribution is 2.24. The zero-order valence-corrected chi connectivity index (χ0v) is 19.3. The second kappa shape index (κ2) is 11.0. The number of nitrogens with two attached hydrogens (primary N) is 3. The van der Waals surface area contributed by atoms with E-state index in [1.807, 2.05) is 56.6 Å². The molecule has 1 aromatic heterocycles. The van der Waals surface area contributed by atoms with E-state index in [9.17, 15) is 0 Å². The normalized spacial score (nSPS) is 16.5. The standard InChI is InChI=1S/C25H30N8/c1-4-29-15-20(25(28)17-6-5-9-30-13-17)19-10-22-21(31-14-19)7-8-24(32-22)33-23(27)11-18(12-26)16(2)3/h5-16,26,28-29,31-32H,4H2,1-3H3,(H2,27,33)/p+2. The molecule has 2 aliphatic rings. The maximum Gasteiger partial charge on any atom is 0.218 e. The largest absolute Gasteiger partial charge is 0.384 e. The summed E-state index contributed by atoms with van der Waals surface area (Å²) in [6.45, 7) is 7.01. The first-order valence-corrected chi connectivity index (χ1v) is 10.9. The van der Waals surface area contributed by atoms with Gasteiger partial charge in [-0.05, 0) is 54.9 Å². The molecule has 0 unspecified atom stereocenters. The Morgan fingerprint density at radius 3 is 2.82 bits per heavy atom. The van der Waals surface area contributed by atoms with Crippen LogP contribution in [0.1, 0.15) is 26.3 Å². The molecule has 0 amide bonds. The third-order valence-corrected chi connectivity index (χ3v) is 5.14. The van der Waals surface area contributed by atoms with Crippen LogP contribution in [0.3, 0.4) is 0 Å².